The molecule has 3 unspecified atom stereocenters. The first-order valence-electron chi connectivity index (χ1n) is 6.86. The Morgan fingerprint density at radius 3 is 3.00 bits per heavy atom. The van der Waals surface area contributed by atoms with Crippen LogP contribution in [0.4, 0.5) is 0 Å². The van der Waals surface area contributed by atoms with E-state index in [-0.39, 0.29) is 0 Å². The van der Waals surface area contributed by atoms with Gasteiger partial charge >= 0.3 is 0 Å². The first-order chi connectivity index (χ1) is 8.31. The number of hydrogen-bond acceptors (Lipinski definition) is 3. The van der Waals surface area contributed by atoms with Crippen molar-refractivity contribution in [3.05, 3.63) is 12.2 Å². The van der Waals surface area contributed by atoms with E-state index in [9.17, 15) is 0 Å². The van der Waals surface area contributed by atoms with E-state index in [2.05, 4.69) is 15.4 Å². The second-order valence-corrected chi connectivity index (χ2v) is 5.72. The lowest BCUT2D eigenvalue weighted by atomic mass is 9.89. The fraction of sp³-hybridized carbons (Fsp3) is 0.846. The van der Waals surface area contributed by atoms with E-state index in [0.717, 1.165) is 36.5 Å². The highest BCUT2D eigenvalue weighted by molar-refractivity contribution is 4.91. The third-order valence-corrected chi connectivity index (χ3v) is 4.46. The van der Waals surface area contributed by atoms with Crippen molar-refractivity contribution in [2.45, 2.75) is 32.1 Å². The van der Waals surface area contributed by atoms with E-state index in [4.69, 9.17) is 0 Å². The highest BCUT2D eigenvalue weighted by Crippen LogP contribution is 2.47. The summed E-state index contributed by atoms with van der Waals surface area (Å²) in [6.45, 7) is 2.21. The van der Waals surface area contributed by atoms with E-state index in [1.165, 1.54) is 32.2 Å². The Balaban J connectivity index is 1.36. The summed E-state index contributed by atoms with van der Waals surface area (Å²) in [6, 6.07) is 0. The van der Waals surface area contributed by atoms with Crippen molar-refractivity contribution in [3.63, 3.8) is 0 Å². The predicted molar refractivity (Wildman–Crippen MR) is 66.5 cm³/mol. The molecule has 2 fully saturated rings. The zero-order valence-electron chi connectivity index (χ0n) is 10.6. The number of nitrogens with zero attached hydrogens (tertiary/aromatic N) is 3. The van der Waals surface area contributed by atoms with Gasteiger partial charge < -0.3 is 5.32 Å². The molecule has 2 saturated carbocycles. The molecule has 2 aliphatic carbocycles. The SMILES string of the molecule is Cn1cnc(CCNCC2CC3CCC2C3)n1. The second-order valence-electron chi connectivity index (χ2n) is 5.72. The van der Waals surface area contributed by atoms with Gasteiger partial charge in [0.1, 0.15) is 6.33 Å². The molecule has 0 radical (unpaired) electrons. The average molecular weight is 234 g/mol. The molecule has 3 atom stereocenters. The van der Waals surface area contributed by atoms with Gasteiger partial charge in [0, 0.05) is 20.0 Å². The van der Waals surface area contributed by atoms with E-state index < -0.39 is 0 Å². The van der Waals surface area contributed by atoms with Crippen LogP contribution in [0.15, 0.2) is 6.33 Å². The van der Waals surface area contributed by atoms with Crippen molar-refractivity contribution in [2.24, 2.45) is 24.8 Å². The number of fused-ring (bicyclic) bond motifs is 2. The van der Waals surface area contributed by atoms with Gasteiger partial charge in [-0.2, -0.15) is 5.10 Å². The van der Waals surface area contributed by atoms with Crippen LogP contribution >= 0.6 is 0 Å². The molecule has 1 heterocycles. The largest absolute Gasteiger partial charge is 0.316 e. The van der Waals surface area contributed by atoms with Crippen LogP contribution in [0.1, 0.15) is 31.5 Å². The van der Waals surface area contributed by atoms with E-state index >= 15 is 0 Å². The molecule has 0 aliphatic heterocycles. The van der Waals surface area contributed by atoms with Crippen molar-refractivity contribution in [1.82, 2.24) is 20.1 Å². The predicted octanol–water partition coefficient (Wildman–Crippen LogP) is 1.38. The van der Waals surface area contributed by atoms with Crippen LogP contribution in [-0.4, -0.2) is 27.9 Å². The molecule has 1 aromatic heterocycles. The monoisotopic (exact) mass is 234 g/mol. The third kappa shape index (κ3) is 2.51. The maximum atomic E-state index is 4.28. The van der Waals surface area contributed by atoms with Crippen LogP contribution in [-0.2, 0) is 13.5 Å². The fourth-order valence-electron chi connectivity index (χ4n) is 3.61. The number of aryl methyl sites for hydroxylation is 1. The Morgan fingerprint density at radius 1 is 1.41 bits per heavy atom. The lowest BCUT2D eigenvalue weighted by molar-refractivity contribution is 0.319. The van der Waals surface area contributed by atoms with E-state index in [1.807, 2.05) is 7.05 Å². The smallest absolute Gasteiger partial charge is 0.151 e. The van der Waals surface area contributed by atoms with Gasteiger partial charge in [0.2, 0.25) is 0 Å². The summed E-state index contributed by atoms with van der Waals surface area (Å²) in [6.07, 6.45) is 8.68. The zero-order valence-corrected chi connectivity index (χ0v) is 10.6. The molecule has 0 spiro atoms. The molecule has 0 saturated heterocycles. The standard InChI is InChI=1S/C13H22N4/c1-17-9-15-13(16-17)4-5-14-8-12-7-10-2-3-11(12)6-10/h9-12,14H,2-8H2,1H3. The fourth-order valence-corrected chi connectivity index (χ4v) is 3.61. The van der Waals surface area contributed by atoms with Gasteiger partial charge in [-0.1, -0.05) is 6.42 Å². The van der Waals surface area contributed by atoms with Crippen LogP contribution < -0.4 is 5.32 Å². The summed E-state index contributed by atoms with van der Waals surface area (Å²) < 4.78 is 1.77. The number of rotatable bonds is 5. The summed E-state index contributed by atoms with van der Waals surface area (Å²) in [5.74, 6) is 3.99. The lowest BCUT2D eigenvalue weighted by Gasteiger charge is -2.21. The summed E-state index contributed by atoms with van der Waals surface area (Å²) in [5, 5.41) is 7.86. The van der Waals surface area contributed by atoms with Gasteiger partial charge in [0.05, 0.1) is 0 Å². The van der Waals surface area contributed by atoms with Gasteiger partial charge in [-0.15, -0.1) is 0 Å². The molecule has 4 heteroatoms. The Labute approximate surface area is 103 Å². The lowest BCUT2D eigenvalue weighted by Crippen LogP contribution is -2.28. The van der Waals surface area contributed by atoms with Crippen LogP contribution in [0.5, 0.6) is 0 Å². The average Bonchev–Trinajstić information content (AvgIpc) is 3.00. The van der Waals surface area contributed by atoms with Crippen molar-refractivity contribution in [2.75, 3.05) is 13.1 Å². The molecule has 2 aliphatic rings. The molecule has 4 nitrogen and oxygen atoms in total. The Kier molecular flexibility index (Phi) is 3.14. The number of hydrogen-bond donors (Lipinski definition) is 1. The number of aromatic nitrogens is 3. The zero-order chi connectivity index (χ0) is 11.7. The van der Waals surface area contributed by atoms with E-state index in [1.54, 1.807) is 11.0 Å². The minimum atomic E-state index is 0.946. The van der Waals surface area contributed by atoms with Gasteiger partial charge in [0.15, 0.2) is 5.82 Å². The van der Waals surface area contributed by atoms with Crippen molar-refractivity contribution >= 4 is 0 Å². The summed E-state index contributed by atoms with van der Waals surface area (Å²) >= 11 is 0. The maximum absolute atomic E-state index is 4.28. The molecule has 2 bridgehead atoms. The van der Waals surface area contributed by atoms with Crippen molar-refractivity contribution in [1.29, 1.82) is 0 Å². The summed E-state index contributed by atoms with van der Waals surface area (Å²) in [5.41, 5.74) is 0. The molecule has 3 rings (SSSR count). The Hall–Kier alpha value is -0.900. The third-order valence-electron chi connectivity index (χ3n) is 4.46. The molecule has 17 heavy (non-hydrogen) atoms. The Morgan fingerprint density at radius 2 is 2.35 bits per heavy atom. The van der Waals surface area contributed by atoms with E-state index in [0.29, 0.717) is 0 Å². The topological polar surface area (TPSA) is 42.7 Å². The van der Waals surface area contributed by atoms with Crippen molar-refractivity contribution < 1.29 is 0 Å². The van der Waals surface area contributed by atoms with Crippen LogP contribution in [0, 0.1) is 17.8 Å². The summed E-state index contributed by atoms with van der Waals surface area (Å²) in [7, 11) is 1.92. The summed E-state index contributed by atoms with van der Waals surface area (Å²) in [4.78, 5) is 4.24. The van der Waals surface area contributed by atoms with Gasteiger partial charge in [-0.3, -0.25) is 4.68 Å². The normalized spacial score (nSPS) is 31.2. The highest BCUT2D eigenvalue weighted by Gasteiger charge is 2.38. The molecule has 0 amide bonds. The van der Waals surface area contributed by atoms with Crippen LogP contribution in [0.2, 0.25) is 0 Å². The second kappa shape index (κ2) is 4.77. The molecular formula is C13H22N4. The number of nitrogens with one attached hydrogen (secondary N) is 1. The Bertz CT molecular complexity index is 373. The van der Waals surface area contributed by atoms with Crippen molar-refractivity contribution in [3.8, 4) is 0 Å². The minimum absolute atomic E-state index is 0.946. The highest BCUT2D eigenvalue weighted by atomic mass is 15.3. The quantitative estimate of drug-likeness (QED) is 0.783. The molecule has 94 valence electrons. The molecular weight excluding hydrogens is 212 g/mol. The maximum Gasteiger partial charge on any atom is 0.151 e. The molecule has 1 aromatic rings. The first-order valence-corrected chi connectivity index (χ1v) is 6.86. The first kappa shape index (κ1) is 11.2. The van der Waals surface area contributed by atoms with Crippen LogP contribution in [0.3, 0.4) is 0 Å². The molecule has 1 N–H and O–H groups in total. The van der Waals surface area contributed by atoms with Gasteiger partial charge in [-0.05, 0) is 43.6 Å². The van der Waals surface area contributed by atoms with Gasteiger partial charge in [-0.25, -0.2) is 4.98 Å². The minimum Gasteiger partial charge on any atom is -0.316 e. The van der Waals surface area contributed by atoms with Gasteiger partial charge in [0.25, 0.3) is 0 Å². The van der Waals surface area contributed by atoms with Crippen LogP contribution in [0.25, 0.3) is 0 Å². The molecule has 0 aromatic carbocycles.